The minimum atomic E-state index is -3.23. The Hall–Kier alpha value is -0.140. The molecule has 1 aromatic rings. The maximum atomic E-state index is 12.1. The second-order valence-corrected chi connectivity index (χ2v) is 6.75. The van der Waals surface area contributed by atoms with Gasteiger partial charge < -0.3 is 0 Å². The molecule has 0 aromatic heterocycles. The van der Waals surface area contributed by atoms with Gasteiger partial charge in [-0.05, 0) is 59.7 Å². The van der Waals surface area contributed by atoms with E-state index in [-0.39, 0.29) is 0 Å². The van der Waals surface area contributed by atoms with Crippen LogP contribution in [-0.4, -0.2) is 25.8 Å². The first-order valence-corrected chi connectivity index (χ1v) is 7.38. The number of nitrogens with zero attached hydrogens (tertiary/aromatic N) is 1. The number of halogens is 1. The summed E-state index contributed by atoms with van der Waals surface area (Å²) in [6, 6.07) is 7.00. The number of sulfonamides is 1. The largest absolute Gasteiger partial charge is 0.243 e. The molecule has 5 heteroatoms. The quantitative estimate of drug-likeness (QED) is 0.775. The standard InChI is InChI=1S/C10H12INO2S/c11-9-3-5-10(6-4-9)15(13,14)12-7-1-2-8-12/h3-6H,1-2,7-8H2. The van der Waals surface area contributed by atoms with Gasteiger partial charge in [0.1, 0.15) is 0 Å². The Morgan fingerprint density at radius 1 is 1.07 bits per heavy atom. The molecule has 1 aliphatic heterocycles. The third-order valence-electron chi connectivity index (χ3n) is 2.52. The van der Waals surface area contributed by atoms with Crippen molar-refractivity contribution in [3.05, 3.63) is 27.8 Å². The van der Waals surface area contributed by atoms with Crippen LogP contribution in [0.1, 0.15) is 12.8 Å². The monoisotopic (exact) mass is 337 g/mol. The molecule has 2 rings (SSSR count). The molecule has 1 aromatic carbocycles. The van der Waals surface area contributed by atoms with Crippen molar-refractivity contribution in [3.63, 3.8) is 0 Å². The topological polar surface area (TPSA) is 37.4 Å². The Morgan fingerprint density at radius 2 is 1.60 bits per heavy atom. The molecule has 0 radical (unpaired) electrons. The van der Waals surface area contributed by atoms with E-state index < -0.39 is 10.0 Å². The van der Waals surface area contributed by atoms with Crippen LogP contribution in [0.4, 0.5) is 0 Å². The van der Waals surface area contributed by atoms with E-state index in [4.69, 9.17) is 0 Å². The normalized spacial score (nSPS) is 18.2. The van der Waals surface area contributed by atoms with Crippen molar-refractivity contribution in [2.45, 2.75) is 17.7 Å². The van der Waals surface area contributed by atoms with E-state index in [0.717, 1.165) is 16.4 Å². The van der Waals surface area contributed by atoms with Crippen molar-refractivity contribution < 1.29 is 8.42 Å². The highest BCUT2D eigenvalue weighted by atomic mass is 127. The SMILES string of the molecule is O=S(=O)(c1ccc(I)cc1)N1CCCC1. The van der Waals surface area contributed by atoms with Gasteiger partial charge in [-0.1, -0.05) is 0 Å². The second kappa shape index (κ2) is 4.39. The number of hydrogen-bond acceptors (Lipinski definition) is 2. The van der Waals surface area contributed by atoms with Crippen LogP contribution in [0.15, 0.2) is 29.2 Å². The van der Waals surface area contributed by atoms with E-state index in [2.05, 4.69) is 22.6 Å². The van der Waals surface area contributed by atoms with Gasteiger partial charge in [0.25, 0.3) is 0 Å². The molecule has 1 saturated heterocycles. The van der Waals surface area contributed by atoms with E-state index in [1.165, 1.54) is 0 Å². The summed E-state index contributed by atoms with van der Waals surface area (Å²) >= 11 is 2.16. The van der Waals surface area contributed by atoms with Crippen LogP contribution in [0.2, 0.25) is 0 Å². The lowest BCUT2D eigenvalue weighted by atomic mass is 10.4. The summed E-state index contributed by atoms with van der Waals surface area (Å²) in [5, 5.41) is 0. The average Bonchev–Trinajstić information content (AvgIpc) is 2.71. The summed E-state index contributed by atoms with van der Waals surface area (Å²) < 4.78 is 26.8. The maximum absolute atomic E-state index is 12.1. The Balaban J connectivity index is 2.32. The molecular weight excluding hydrogens is 325 g/mol. The average molecular weight is 337 g/mol. The van der Waals surface area contributed by atoms with Crippen molar-refractivity contribution in [1.82, 2.24) is 4.31 Å². The van der Waals surface area contributed by atoms with Crippen molar-refractivity contribution in [3.8, 4) is 0 Å². The lowest BCUT2D eigenvalue weighted by molar-refractivity contribution is 0.477. The minimum absolute atomic E-state index is 0.407. The zero-order valence-corrected chi connectivity index (χ0v) is 11.2. The highest BCUT2D eigenvalue weighted by Crippen LogP contribution is 2.21. The van der Waals surface area contributed by atoms with Gasteiger partial charge in [0.2, 0.25) is 10.0 Å². The highest BCUT2D eigenvalue weighted by Gasteiger charge is 2.26. The molecule has 0 unspecified atom stereocenters. The summed E-state index contributed by atoms with van der Waals surface area (Å²) in [4.78, 5) is 0.407. The van der Waals surface area contributed by atoms with Crippen LogP contribution in [0.5, 0.6) is 0 Å². The summed E-state index contributed by atoms with van der Waals surface area (Å²) in [5.41, 5.74) is 0. The molecule has 82 valence electrons. The lowest BCUT2D eigenvalue weighted by Crippen LogP contribution is -2.27. The Morgan fingerprint density at radius 3 is 2.13 bits per heavy atom. The first-order valence-electron chi connectivity index (χ1n) is 4.86. The van der Waals surface area contributed by atoms with E-state index in [0.29, 0.717) is 18.0 Å². The summed E-state index contributed by atoms with van der Waals surface area (Å²) in [5.74, 6) is 0. The van der Waals surface area contributed by atoms with Gasteiger partial charge in [0.15, 0.2) is 0 Å². The number of rotatable bonds is 2. The minimum Gasteiger partial charge on any atom is -0.207 e. The Kier molecular flexibility index (Phi) is 3.32. The molecule has 15 heavy (non-hydrogen) atoms. The second-order valence-electron chi connectivity index (χ2n) is 3.57. The summed E-state index contributed by atoms with van der Waals surface area (Å²) in [6.07, 6.45) is 1.95. The van der Waals surface area contributed by atoms with E-state index >= 15 is 0 Å². The van der Waals surface area contributed by atoms with Gasteiger partial charge in [-0.25, -0.2) is 8.42 Å². The summed E-state index contributed by atoms with van der Waals surface area (Å²) in [7, 11) is -3.23. The molecule has 0 atom stereocenters. The number of benzene rings is 1. The molecule has 0 N–H and O–H groups in total. The van der Waals surface area contributed by atoms with Gasteiger partial charge in [0, 0.05) is 16.7 Å². The van der Waals surface area contributed by atoms with Gasteiger partial charge in [0.05, 0.1) is 4.90 Å². The van der Waals surface area contributed by atoms with Crippen molar-refractivity contribution in [1.29, 1.82) is 0 Å². The molecule has 0 amide bonds. The predicted octanol–water partition coefficient (Wildman–Crippen LogP) is 2.08. The van der Waals surface area contributed by atoms with E-state index in [1.807, 2.05) is 12.1 Å². The Bertz CT molecular complexity index is 435. The lowest BCUT2D eigenvalue weighted by Gasteiger charge is -2.15. The molecule has 0 bridgehead atoms. The van der Waals surface area contributed by atoms with E-state index in [9.17, 15) is 8.42 Å². The van der Waals surface area contributed by atoms with Crippen LogP contribution in [0.3, 0.4) is 0 Å². The first-order chi connectivity index (χ1) is 7.10. The zero-order chi connectivity index (χ0) is 10.9. The molecule has 1 aliphatic rings. The number of hydrogen-bond donors (Lipinski definition) is 0. The molecule has 0 aliphatic carbocycles. The predicted molar refractivity (Wildman–Crippen MR) is 67.2 cm³/mol. The fourth-order valence-electron chi connectivity index (χ4n) is 1.68. The zero-order valence-electron chi connectivity index (χ0n) is 8.19. The molecule has 1 fully saturated rings. The van der Waals surface area contributed by atoms with Crippen LogP contribution < -0.4 is 0 Å². The third kappa shape index (κ3) is 2.34. The first kappa shape index (κ1) is 11.3. The molecular formula is C10H12INO2S. The van der Waals surface area contributed by atoms with Gasteiger partial charge in [-0.15, -0.1) is 0 Å². The van der Waals surface area contributed by atoms with Crippen LogP contribution in [-0.2, 0) is 10.0 Å². The van der Waals surface area contributed by atoms with Crippen LogP contribution in [0.25, 0.3) is 0 Å². The molecule has 1 heterocycles. The molecule has 0 spiro atoms. The summed E-state index contributed by atoms with van der Waals surface area (Å²) in [6.45, 7) is 1.32. The Labute approximate surface area is 104 Å². The highest BCUT2D eigenvalue weighted by molar-refractivity contribution is 14.1. The van der Waals surface area contributed by atoms with Crippen molar-refractivity contribution in [2.24, 2.45) is 0 Å². The maximum Gasteiger partial charge on any atom is 0.243 e. The smallest absolute Gasteiger partial charge is 0.207 e. The van der Waals surface area contributed by atoms with Crippen LogP contribution >= 0.6 is 22.6 Å². The molecule has 3 nitrogen and oxygen atoms in total. The van der Waals surface area contributed by atoms with Gasteiger partial charge in [-0.2, -0.15) is 4.31 Å². The third-order valence-corrected chi connectivity index (χ3v) is 5.15. The van der Waals surface area contributed by atoms with Gasteiger partial charge in [-0.3, -0.25) is 0 Å². The van der Waals surface area contributed by atoms with E-state index in [1.54, 1.807) is 16.4 Å². The van der Waals surface area contributed by atoms with Crippen molar-refractivity contribution in [2.75, 3.05) is 13.1 Å². The van der Waals surface area contributed by atoms with Crippen molar-refractivity contribution >= 4 is 32.6 Å². The van der Waals surface area contributed by atoms with Gasteiger partial charge >= 0.3 is 0 Å². The molecule has 0 saturated carbocycles. The fraction of sp³-hybridized carbons (Fsp3) is 0.400. The fourth-order valence-corrected chi connectivity index (χ4v) is 3.56. The van der Waals surface area contributed by atoms with Crippen LogP contribution in [0, 0.1) is 3.57 Å².